The lowest BCUT2D eigenvalue weighted by Crippen LogP contribution is -2.22. The van der Waals surface area contributed by atoms with E-state index in [1.807, 2.05) is 12.1 Å². The number of nitrogens with one attached hydrogen (secondary N) is 1. The molecule has 1 atom stereocenters. The number of carbonyl (C=O) groups is 1. The molecule has 0 aliphatic rings. The lowest BCUT2D eigenvalue weighted by Gasteiger charge is -2.12. The fourth-order valence-corrected chi connectivity index (χ4v) is 4.97. The van der Waals surface area contributed by atoms with Crippen LogP contribution in [0.5, 0.6) is 0 Å². The van der Waals surface area contributed by atoms with Crippen molar-refractivity contribution >= 4 is 39.8 Å². The van der Waals surface area contributed by atoms with Crippen LogP contribution in [0.4, 0.5) is 0 Å². The van der Waals surface area contributed by atoms with Gasteiger partial charge < -0.3 is 15.2 Å². The number of carbonyl (C=O) groups excluding carboxylic acids is 1. The molecule has 0 radical (unpaired) electrons. The number of halogens is 2. The summed E-state index contributed by atoms with van der Waals surface area (Å²) >= 11 is 5.96. The van der Waals surface area contributed by atoms with Gasteiger partial charge in [-0.05, 0) is 79.9 Å². The second-order valence-corrected chi connectivity index (χ2v) is 10.2. The van der Waals surface area contributed by atoms with Crippen LogP contribution < -0.4 is 5.32 Å². The zero-order valence-electron chi connectivity index (χ0n) is 19.3. The molecule has 0 aliphatic heterocycles. The number of benzene rings is 3. The van der Waals surface area contributed by atoms with Gasteiger partial charge in [-0.25, -0.2) is 13.2 Å². The largest absolute Gasteiger partial charge is 0.462 e. The topological polar surface area (TPSA) is 92.7 Å². The van der Waals surface area contributed by atoms with Gasteiger partial charge in [0.2, 0.25) is 9.84 Å². The van der Waals surface area contributed by atoms with Gasteiger partial charge in [0.05, 0.1) is 28.1 Å². The average molecular weight is 538 g/mol. The predicted molar refractivity (Wildman–Crippen MR) is 139 cm³/mol. The molecule has 0 spiro atoms. The number of aliphatic hydroxyl groups excluding tert-OH is 1. The molecule has 2 N–H and O–H groups in total. The molecule has 0 amide bonds. The fourth-order valence-electron chi connectivity index (χ4n) is 3.46. The van der Waals surface area contributed by atoms with Gasteiger partial charge in [0.1, 0.15) is 0 Å². The van der Waals surface area contributed by atoms with Crippen molar-refractivity contribution in [3.63, 3.8) is 0 Å². The van der Waals surface area contributed by atoms with Crippen molar-refractivity contribution in [1.82, 2.24) is 5.32 Å². The van der Waals surface area contributed by atoms with E-state index in [1.54, 1.807) is 43.3 Å². The Balaban J connectivity index is 0.00000432. The molecule has 3 aromatic carbocycles. The number of esters is 1. The van der Waals surface area contributed by atoms with Crippen LogP contribution in [0.3, 0.4) is 0 Å². The van der Waals surface area contributed by atoms with Gasteiger partial charge in [0.25, 0.3) is 0 Å². The maximum atomic E-state index is 13.0. The van der Waals surface area contributed by atoms with E-state index in [9.17, 15) is 18.3 Å². The standard InChI is InChI=1S/C26H28ClNO5S.ClH/c1-2-33-26(30)21-8-4-10-24(17-21)34(31,32)23-13-11-19(12-14-23)6-5-15-28-18-25(29)20-7-3-9-22(27)16-20;/h3-4,7-14,16-17,25,28-29H,2,5-6,15,18H2,1H3;1H/t25-;/m0./s1. The summed E-state index contributed by atoms with van der Waals surface area (Å²) in [6, 6.07) is 19.8. The van der Waals surface area contributed by atoms with Crippen molar-refractivity contribution in [2.24, 2.45) is 0 Å². The average Bonchev–Trinajstić information content (AvgIpc) is 2.84. The molecule has 0 saturated carbocycles. The van der Waals surface area contributed by atoms with E-state index in [0.29, 0.717) is 18.1 Å². The van der Waals surface area contributed by atoms with Crippen molar-refractivity contribution < 1.29 is 23.1 Å². The molecule has 3 aromatic rings. The van der Waals surface area contributed by atoms with E-state index in [1.165, 1.54) is 24.3 Å². The first-order chi connectivity index (χ1) is 16.3. The summed E-state index contributed by atoms with van der Waals surface area (Å²) in [5.41, 5.74) is 1.98. The highest BCUT2D eigenvalue weighted by Gasteiger charge is 2.19. The number of aryl methyl sites for hydroxylation is 1. The maximum Gasteiger partial charge on any atom is 0.338 e. The lowest BCUT2D eigenvalue weighted by molar-refractivity contribution is 0.0526. The molecule has 0 heterocycles. The van der Waals surface area contributed by atoms with E-state index in [-0.39, 0.29) is 34.4 Å². The summed E-state index contributed by atoms with van der Waals surface area (Å²) in [5, 5.41) is 14.1. The molecule has 0 bridgehead atoms. The molecule has 6 nitrogen and oxygen atoms in total. The predicted octanol–water partition coefficient (Wildman–Crippen LogP) is 5.03. The Hall–Kier alpha value is -2.42. The number of aliphatic hydroxyl groups is 1. The van der Waals surface area contributed by atoms with Gasteiger partial charge in [-0.3, -0.25) is 0 Å². The fraction of sp³-hybridized carbons (Fsp3) is 0.269. The van der Waals surface area contributed by atoms with Crippen molar-refractivity contribution in [3.05, 3.63) is 94.5 Å². The molecule has 0 saturated heterocycles. The van der Waals surface area contributed by atoms with Crippen LogP contribution in [-0.4, -0.2) is 39.2 Å². The molecule has 0 fully saturated rings. The SMILES string of the molecule is CCOC(=O)c1cccc(S(=O)(=O)c2ccc(CCCNC[C@H](O)c3cccc(Cl)c3)cc2)c1.Cl. The zero-order valence-corrected chi connectivity index (χ0v) is 21.7. The Kier molecular flexibility index (Phi) is 11.2. The van der Waals surface area contributed by atoms with Gasteiger partial charge in [0.15, 0.2) is 0 Å². The Morgan fingerprint density at radius 2 is 1.74 bits per heavy atom. The summed E-state index contributed by atoms with van der Waals surface area (Å²) in [5.74, 6) is -0.552. The zero-order chi connectivity index (χ0) is 24.6. The van der Waals surface area contributed by atoms with Gasteiger partial charge >= 0.3 is 5.97 Å². The smallest absolute Gasteiger partial charge is 0.338 e. The molecule has 188 valence electrons. The van der Waals surface area contributed by atoms with Crippen molar-refractivity contribution in [2.45, 2.75) is 35.7 Å². The third kappa shape index (κ3) is 8.05. The van der Waals surface area contributed by atoms with E-state index < -0.39 is 21.9 Å². The number of ether oxygens (including phenoxy) is 1. The number of hydrogen-bond donors (Lipinski definition) is 2. The third-order valence-electron chi connectivity index (χ3n) is 5.28. The molecular formula is C26H29Cl2NO5S. The number of sulfone groups is 1. The first-order valence-electron chi connectivity index (χ1n) is 11.1. The van der Waals surface area contributed by atoms with E-state index >= 15 is 0 Å². The molecule has 3 rings (SSSR count). The molecule has 35 heavy (non-hydrogen) atoms. The minimum atomic E-state index is -3.75. The van der Waals surface area contributed by atoms with Crippen LogP contribution in [0.2, 0.25) is 5.02 Å². The van der Waals surface area contributed by atoms with Crippen LogP contribution in [0.15, 0.2) is 82.6 Å². The monoisotopic (exact) mass is 537 g/mol. The van der Waals surface area contributed by atoms with E-state index in [4.69, 9.17) is 16.3 Å². The van der Waals surface area contributed by atoms with Gasteiger partial charge in [-0.2, -0.15) is 0 Å². The molecule has 9 heteroatoms. The molecular weight excluding hydrogens is 509 g/mol. The van der Waals surface area contributed by atoms with Crippen LogP contribution >= 0.6 is 24.0 Å². The number of hydrogen-bond acceptors (Lipinski definition) is 6. The summed E-state index contributed by atoms with van der Waals surface area (Å²) in [7, 11) is -3.75. The van der Waals surface area contributed by atoms with Crippen LogP contribution in [-0.2, 0) is 21.0 Å². The molecule has 0 aromatic heterocycles. The van der Waals surface area contributed by atoms with Gasteiger partial charge in [-0.15, -0.1) is 12.4 Å². The van der Waals surface area contributed by atoms with Crippen molar-refractivity contribution in [1.29, 1.82) is 0 Å². The highest BCUT2D eigenvalue weighted by atomic mass is 35.5. The van der Waals surface area contributed by atoms with Crippen molar-refractivity contribution in [2.75, 3.05) is 19.7 Å². The maximum absolute atomic E-state index is 13.0. The Bertz CT molecular complexity index is 1220. The minimum Gasteiger partial charge on any atom is -0.462 e. The summed E-state index contributed by atoms with van der Waals surface area (Å²) < 4.78 is 30.9. The second-order valence-electron chi connectivity index (χ2n) is 7.77. The van der Waals surface area contributed by atoms with Gasteiger partial charge in [0, 0.05) is 11.6 Å². The van der Waals surface area contributed by atoms with Crippen LogP contribution in [0.1, 0.15) is 40.9 Å². The minimum absolute atomic E-state index is 0. The Morgan fingerprint density at radius 1 is 1.03 bits per heavy atom. The lowest BCUT2D eigenvalue weighted by atomic mass is 10.1. The van der Waals surface area contributed by atoms with E-state index in [2.05, 4.69) is 5.32 Å². The quantitative estimate of drug-likeness (QED) is 0.263. The normalized spacial score (nSPS) is 12.0. The summed E-state index contributed by atoms with van der Waals surface area (Å²) in [6.45, 7) is 3.04. The third-order valence-corrected chi connectivity index (χ3v) is 7.28. The molecule has 0 unspecified atom stereocenters. The van der Waals surface area contributed by atoms with Crippen molar-refractivity contribution in [3.8, 4) is 0 Å². The highest BCUT2D eigenvalue weighted by Crippen LogP contribution is 2.23. The summed E-state index contributed by atoms with van der Waals surface area (Å²) in [6.07, 6.45) is 0.958. The number of rotatable bonds is 11. The summed E-state index contributed by atoms with van der Waals surface area (Å²) in [4.78, 5) is 12.1. The highest BCUT2D eigenvalue weighted by molar-refractivity contribution is 7.91. The Labute approximate surface area is 217 Å². The van der Waals surface area contributed by atoms with Gasteiger partial charge in [-0.1, -0.05) is 41.9 Å². The van der Waals surface area contributed by atoms with E-state index in [0.717, 1.165) is 24.0 Å². The first-order valence-corrected chi connectivity index (χ1v) is 12.9. The van der Waals surface area contributed by atoms with Crippen LogP contribution in [0, 0.1) is 0 Å². The first kappa shape index (κ1) is 28.8. The van der Waals surface area contributed by atoms with Crippen LogP contribution in [0.25, 0.3) is 0 Å². The Morgan fingerprint density at radius 3 is 2.43 bits per heavy atom. The second kappa shape index (κ2) is 13.6. The molecule has 0 aliphatic carbocycles.